The fourth-order valence-corrected chi connectivity index (χ4v) is 2.42. The number of benzene rings is 1. The van der Waals surface area contributed by atoms with Crippen LogP contribution in [0.5, 0.6) is 0 Å². The Bertz CT molecular complexity index is 792. The summed E-state index contributed by atoms with van der Waals surface area (Å²) in [4.78, 5) is 40.4. The van der Waals surface area contributed by atoms with Gasteiger partial charge in [0.25, 0.3) is 5.91 Å². The molecule has 0 radical (unpaired) electrons. The number of hydrogen-bond donors (Lipinski definition) is 1. The van der Waals surface area contributed by atoms with Crippen molar-refractivity contribution in [1.82, 2.24) is 9.88 Å². The Balaban J connectivity index is 1.68. The Morgan fingerprint density at radius 2 is 1.96 bits per heavy atom. The number of nitrogens with zero attached hydrogens (tertiary/aromatic N) is 1. The highest BCUT2D eigenvalue weighted by molar-refractivity contribution is 5.92. The van der Waals surface area contributed by atoms with Crippen molar-refractivity contribution in [2.75, 3.05) is 32.9 Å². The van der Waals surface area contributed by atoms with Crippen LogP contribution in [0.4, 0.5) is 0 Å². The van der Waals surface area contributed by atoms with Gasteiger partial charge in [0.15, 0.2) is 12.0 Å². The number of fused-ring (bicyclic) bond motifs is 1. The van der Waals surface area contributed by atoms with E-state index in [9.17, 15) is 14.4 Å². The van der Waals surface area contributed by atoms with Crippen molar-refractivity contribution in [3.05, 3.63) is 46.2 Å². The number of carbonyl (C=O) groups is 2. The molecule has 0 spiro atoms. The van der Waals surface area contributed by atoms with E-state index in [1.807, 2.05) is 0 Å². The standard InChI is InChI=1S/C16H16N2O5/c19-14-9-13(17-12-4-2-1-3-11(12)14)16(21)23-10-15(20)18-5-7-22-8-6-18/h1-4,9H,5-8,10H2,(H,17,19). The highest BCUT2D eigenvalue weighted by Crippen LogP contribution is 2.08. The summed E-state index contributed by atoms with van der Waals surface area (Å²) in [7, 11) is 0. The van der Waals surface area contributed by atoms with Gasteiger partial charge in [-0.05, 0) is 12.1 Å². The second-order valence-electron chi connectivity index (χ2n) is 5.16. The van der Waals surface area contributed by atoms with Crippen molar-refractivity contribution in [3.8, 4) is 0 Å². The molecule has 23 heavy (non-hydrogen) atoms. The van der Waals surface area contributed by atoms with Gasteiger partial charge in [0, 0.05) is 30.1 Å². The van der Waals surface area contributed by atoms with Crippen molar-refractivity contribution >= 4 is 22.8 Å². The van der Waals surface area contributed by atoms with Gasteiger partial charge in [-0.25, -0.2) is 4.79 Å². The first-order chi connectivity index (χ1) is 11.1. The lowest BCUT2D eigenvalue weighted by molar-refractivity contribution is -0.138. The zero-order valence-electron chi connectivity index (χ0n) is 12.4. The topological polar surface area (TPSA) is 88.7 Å². The molecule has 1 fully saturated rings. The molecule has 0 bridgehead atoms. The smallest absolute Gasteiger partial charge is 0.355 e. The summed E-state index contributed by atoms with van der Waals surface area (Å²) in [6.07, 6.45) is 0. The maximum Gasteiger partial charge on any atom is 0.355 e. The number of hydrogen-bond acceptors (Lipinski definition) is 5. The molecule has 1 aromatic heterocycles. The van der Waals surface area contributed by atoms with Gasteiger partial charge in [-0.15, -0.1) is 0 Å². The van der Waals surface area contributed by atoms with E-state index in [0.717, 1.165) is 0 Å². The van der Waals surface area contributed by atoms with Crippen LogP contribution >= 0.6 is 0 Å². The first-order valence-electron chi connectivity index (χ1n) is 7.30. The third-order valence-corrected chi connectivity index (χ3v) is 3.65. The van der Waals surface area contributed by atoms with Crippen LogP contribution in [0.3, 0.4) is 0 Å². The van der Waals surface area contributed by atoms with Crippen molar-refractivity contribution < 1.29 is 19.1 Å². The summed E-state index contributed by atoms with van der Waals surface area (Å²) < 4.78 is 10.2. The van der Waals surface area contributed by atoms with Gasteiger partial charge >= 0.3 is 5.97 Å². The molecule has 7 heteroatoms. The molecule has 120 valence electrons. The van der Waals surface area contributed by atoms with Gasteiger partial charge in [0.1, 0.15) is 5.69 Å². The zero-order valence-corrected chi connectivity index (χ0v) is 12.4. The quantitative estimate of drug-likeness (QED) is 0.835. The molecule has 1 N–H and O–H groups in total. The lowest BCUT2D eigenvalue weighted by Gasteiger charge is -2.26. The summed E-state index contributed by atoms with van der Waals surface area (Å²) >= 11 is 0. The van der Waals surface area contributed by atoms with Crippen LogP contribution in [0.1, 0.15) is 10.5 Å². The number of carbonyl (C=O) groups excluding carboxylic acids is 2. The van der Waals surface area contributed by atoms with Crippen molar-refractivity contribution in [2.45, 2.75) is 0 Å². The first kappa shape index (κ1) is 15.2. The van der Waals surface area contributed by atoms with Crippen LogP contribution in [0.15, 0.2) is 35.1 Å². The molecular formula is C16H16N2O5. The number of aromatic amines is 1. The number of rotatable bonds is 3. The number of nitrogens with one attached hydrogen (secondary N) is 1. The lowest BCUT2D eigenvalue weighted by atomic mass is 10.2. The molecule has 0 aliphatic carbocycles. The van der Waals surface area contributed by atoms with Gasteiger partial charge in [-0.2, -0.15) is 0 Å². The number of morpholine rings is 1. The van der Waals surface area contributed by atoms with Crippen molar-refractivity contribution in [1.29, 1.82) is 0 Å². The van der Waals surface area contributed by atoms with Crippen LogP contribution in [0.25, 0.3) is 10.9 Å². The monoisotopic (exact) mass is 316 g/mol. The van der Waals surface area contributed by atoms with E-state index in [-0.39, 0.29) is 23.6 Å². The minimum Gasteiger partial charge on any atom is -0.451 e. The second-order valence-corrected chi connectivity index (χ2v) is 5.16. The zero-order chi connectivity index (χ0) is 16.2. The van der Waals surface area contributed by atoms with E-state index in [4.69, 9.17) is 9.47 Å². The Hall–Kier alpha value is -2.67. The highest BCUT2D eigenvalue weighted by atomic mass is 16.5. The van der Waals surface area contributed by atoms with Crippen molar-refractivity contribution in [2.24, 2.45) is 0 Å². The summed E-state index contributed by atoms with van der Waals surface area (Å²) in [6, 6.07) is 8.06. The van der Waals surface area contributed by atoms with Crippen LogP contribution in [0, 0.1) is 0 Å². The molecule has 1 aliphatic rings. The fraction of sp³-hybridized carbons (Fsp3) is 0.312. The third kappa shape index (κ3) is 3.40. The number of aromatic nitrogens is 1. The van der Waals surface area contributed by atoms with Crippen LogP contribution in [-0.4, -0.2) is 54.7 Å². The summed E-state index contributed by atoms with van der Waals surface area (Å²) in [5.41, 5.74) is 0.306. The average molecular weight is 316 g/mol. The molecule has 1 aromatic carbocycles. The van der Waals surface area contributed by atoms with Crippen LogP contribution in [0.2, 0.25) is 0 Å². The highest BCUT2D eigenvalue weighted by Gasteiger charge is 2.19. The number of H-pyrrole nitrogens is 1. The summed E-state index contributed by atoms with van der Waals surface area (Å²) in [5.74, 6) is -1.00. The minimum absolute atomic E-state index is 0.0310. The Labute approximate surface area is 131 Å². The van der Waals surface area contributed by atoms with Crippen molar-refractivity contribution in [3.63, 3.8) is 0 Å². The van der Waals surface area contributed by atoms with E-state index in [1.165, 1.54) is 6.07 Å². The fourth-order valence-electron chi connectivity index (χ4n) is 2.42. The molecule has 2 heterocycles. The maximum atomic E-state index is 12.0. The largest absolute Gasteiger partial charge is 0.451 e. The molecule has 2 aromatic rings. The molecule has 0 saturated carbocycles. The number of esters is 1. The van der Waals surface area contributed by atoms with Crippen LogP contribution in [-0.2, 0) is 14.3 Å². The Morgan fingerprint density at radius 3 is 2.74 bits per heavy atom. The average Bonchev–Trinajstić information content (AvgIpc) is 2.60. The normalized spacial score (nSPS) is 14.7. The van der Waals surface area contributed by atoms with Gasteiger partial charge in [-0.1, -0.05) is 12.1 Å². The molecule has 1 aliphatic heterocycles. The molecule has 0 atom stereocenters. The molecule has 1 saturated heterocycles. The Kier molecular flexibility index (Phi) is 4.38. The van der Waals surface area contributed by atoms with Crippen LogP contribution < -0.4 is 5.43 Å². The predicted octanol–water partition coefficient (Wildman–Crippen LogP) is 0.544. The molecule has 0 unspecified atom stereocenters. The number of amides is 1. The SMILES string of the molecule is O=C(OCC(=O)N1CCOCC1)c1cc(=O)c2ccccc2[nH]1. The summed E-state index contributed by atoms with van der Waals surface area (Å²) in [5, 5.41) is 0.494. The number of para-hydroxylation sites is 1. The Morgan fingerprint density at radius 1 is 1.22 bits per heavy atom. The van der Waals surface area contributed by atoms with E-state index in [1.54, 1.807) is 29.2 Å². The van der Waals surface area contributed by atoms with Gasteiger partial charge < -0.3 is 19.4 Å². The van der Waals surface area contributed by atoms with Gasteiger partial charge in [0.2, 0.25) is 0 Å². The number of ether oxygens (including phenoxy) is 2. The predicted molar refractivity (Wildman–Crippen MR) is 82.3 cm³/mol. The molecule has 7 nitrogen and oxygen atoms in total. The first-order valence-corrected chi connectivity index (χ1v) is 7.30. The summed E-state index contributed by atoms with van der Waals surface area (Å²) in [6.45, 7) is 1.59. The van der Waals surface area contributed by atoms with Gasteiger partial charge in [0.05, 0.1) is 13.2 Å². The third-order valence-electron chi connectivity index (χ3n) is 3.65. The molecular weight excluding hydrogens is 300 g/mol. The van der Waals surface area contributed by atoms with E-state index >= 15 is 0 Å². The van der Waals surface area contributed by atoms with Gasteiger partial charge in [-0.3, -0.25) is 9.59 Å². The van der Waals surface area contributed by atoms with E-state index < -0.39 is 5.97 Å². The van der Waals surface area contributed by atoms with E-state index in [2.05, 4.69) is 4.98 Å². The minimum atomic E-state index is -0.727. The molecule has 1 amide bonds. The maximum absolute atomic E-state index is 12.0. The lowest BCUT2D eigenvalue weighted by Crippen LogP contribution is -2.42. The number of pyridine rings is 1. The second kappa shape index (κ2) is 6.62. The van der Waals surface area contributed by atoms with E-state index in [0.29, 0.717) is 37.2 Å². The molecule has 3 rings (SSSR count).